The van der Waals surface area contributed by atoms with E-state index in [2.05, 4.69) is 9.98 Å². The Morgan fingerprint density at radius 1 is 1.10 bits per heavy atom. The number of carbonyl (C=O) groups is 1. The summed E-state index contributed by atoms with van der Waals surface area (Å²) in [6, 6.07) is 12.5. The second-order valence-corrected chi connectivity index (χ2v) is 6.89. The number of carbonyl (C=O) groups excluding carboxylic acids is 1. The van der Waals surface area contributed by atoms with Crippen molar-refractivity contribution in [2.24, 2.45) is 4.99 Å². The van der Waals surface area contributed by atoms with E-state index in [1.165, 1.54) is 0 Å². The molecule has 2 N–H and O–H groups in total. The van der Waals surface area contributed by atoms with E-state index in [0.29, 0.717) is 28.4 Å². The Kier molecular flexibility index (Phi) is 6.71. The first-order chi connectivity index (χ1) is 14.8. The minimum absolute atomic E-state index is 0.119. The molecule has 3 rings (SSSR count). The van der Waals surface area contributed by atoms with E-state index in [9.17, 15) is 19.5 Å². The largest absolute Gasteiger partial charge is 0.493 e. The summed E-state index contributed by atoms with van der Waals surface area (Å²) in [5.41, 5.74) is -0.224. The Bertz CT molecular complexity index is 1240. The van der Waals surface area contributed by atoms with Gasteiger partial charge in [0.05, 0.1) is 29.3 Å². The molecule has 1 heterocycles. The number of hydrogen-bond acceptors (Lipinski definition) is 6. The molecular formula is C22H20ClN3O5. The van der Waals surface area contributed by atoms with E-state index in [0.717, 1.165) is 4.57 Å². The Labute approximate surface area is 182 Å². The number of aromatic hydroxyl groups is 1. The van der Waals surface area contributed by atoms with Crippen molar-refractivity contribution >= 4 is 29.0 Å². The summed E-state index contributed by atoms with van der Waals surface area (Å²) in [6.45, 7) is 3.75. The van der Waals surface area contributed by atoms with Gasteiger partial charge in [-0.3, -0.25) is 14.8 Å². The van der Waals surface area contributed by atoms with E-state index in [4.69, 9.17) is 16.3 Å². The molecule has 0 unspecified atom stereocenters. The van der Waals surface area contributed by atoms with Crippen molar-refractivity contribution in [1.29, 1.82) is 0 Å². The highest BCUT2D eigenvalue weighted by atomic mass is 35.5. The summed E-state index contributed by atoms with van der Waals surface area (Å²) in [7, 11) is 0. The van der Waals surface area contributed by atoms with E-state index >= 15 is 0 Å². The average Bonchev–Trinajstić information content (AvgIpc) is 2.74. The van der Waals surface area contributed by atoms with Crippen molar-refractivity contribution in [2.75, 3.05) is 6.61 Å². The summed E-state index contributed by atoms with van der Waals surface area (Å²) in [5, 5.41) is 11.3. The molecule has 0 saturated heterocycles. The quantitative estimate of drug-likeness (QED) is 0.448. The number of H-pyrrole nitrogens is 1. The van der Waals surface area contributed by atoms with Crippen molar-refractivity contribution in [3.8, 4) is 11.6 Å². The van der Waals surface area contributed by atoms with Crippen LogP contribution in [0.15, 0.2) is 63.1 Å². The molecule has 0 radical (unpaired) electrons. The van der Waals surface area contributed by atoms with Gasteiger partial charge in [0.1, 0.15) is 5.56 Å². The van der Waals surface area contributed by atoms with Crippen molar-refractivity contribution in [2.45, 2.75) is 20.3 Å². The number of aromatic amines is 1. The number of aliphatic imine (C=N–C) groups is 1. The van der Waals surface area contributed by atoms with Gasteiger partial charge in [0.15, 0.2) is 0 Å². The third kappa shape index (κ3) is 4.75. The zero-order valence-corrected chi connectivity index (χ0v) is 17.6. The van der Waals surface area contributed by atoms with E-state index < -0.39 is 23.1 Å². The lowest BCUT2D eigenvalue weighted by Gasteiger charge is -2.12. The van der Waals surface area contributed by atoms with Gasteiger partial charge in [-0.05, 0) is 61.9 Å². The molecule has 1 aromatic heterocycles. The van der Waals surface area contributed by atoms with Gasteiger partial charge in [0.25, 0.3) is 5.56 Å². The number of ether oxygens (including phenoxy) is 1. The molecule has 0 spiro atoms. The van der Waals surface area contributed by atoms with Crippen LogP contribution >= 0.6 is 11.6 Å². The van der Waals surface area contributed by atoms with Crippen LogP contribution in [0.2, 0.25) is 5.02 Å². The number of aromatic nitrogens is 2. The number of benzene rings is 2. The lowest BCUT2D eigenvalue weighted by Crippen LogP contribution is -2.33. The normalized spacial score (nSPS) is 11.4. The number of hydrogen-bond donors (Lipinski definition) is 2. The highest BCUT2D eigenvalue weighted by molar-refractivity contribution is 6.30. The summed E-state index contributed by atoms with van der Waals surface area (Å²) in [4.78, 5) is 43.3. The van der Waals surface area contributed by atoms with Gasteiger partial charge in [-0.2, -0.15) is 0 Å². The van der Waals surface area contributed by atoms with Crippen LogP contribution in [-0.2, 0) is 4.74 Å². The molecule has 0 saturated carbocycles. The second-order valence-electron chi connectivity index (χ2n) is 6.45. The summed E-state index contributed by atoms with van der Waals surface area (Å²) in [5.74, 6) is -0.974. The van der Waals surface area contributed by atoms with Gasteiger partial charge in [-0.1, -0.05) is 18.5 Å². The van der Waals surface area contributed by atoms with Gasteiger partial charge in [-0.15, -0.1) is 0 Å². The van der Waals surface area contributed by atoms with Crippen molar-refractivity contribution < 1.29 is 14.6 Å². The monoisotopic (exact) mass is 441 g/mol. The number of halogens is 1. The van der Waals surface area contributed by atoms with Crippen molar-refractivity contribution in [1.82, 2.24) is 9.55 Å². The van der Waals surface area contributed by atoms with Gasteiger partial charge in [0, 0.05) is 5.02 Å². The molecule has 8 nitrogen and oxygen atoms in total. The maximum absolute atomic E-state index is 12.5. The van der Waals surface area contributed by atoms with Gasteiger partial charge < -0.3 is 9.84 Å². The van der Waals surface area contributed by atoms with Crippen LogP contribution in [0.1, 0.15) is 36.2 Å². The van der Waals surface area contributed by atoms with Crippen molar-refractivity contribution in [3.63, 3.8) is 0 Å². The smallest absolute Gasteiger partial charge is 0.338 e. The number of rotatable bonds is 6. The molecule has 0 aliphatic heterocycles. The highest BCUT2D eigenvalue weighted by Crippen LogP contribution is 2.22. The molecule has 160 valence electrons. The maximum atomic E-state index is 12.5. The van der Waals surface area contributed by atoms with Crippen LogP contribution in [0.4, 0.5) is 5.69 Å². The van der Waals surface area contributed by atoms with E-state index in [-0.39, 0.29) is 17.9 Å². The van der Waals surface area contributed by atoms with Crippen LogP contribution in [0, 0.1) is 0 Å². The first-order valence-corrected chi connectivity index (χ1v) is 9.92. The third-order valence-corrected chi connectivity index (χ3v) is 4.69. The molecule has 0 aliphatic rings. The standard InChI is InChI=1S/C22H20ClN3O5/c1-3-17(24-15-9-5-13(6-10-15)21(29)31-4-2)18-19(27)25-22(30)26(20(18)28)16-11-7-14(23)8-12-16/h5-12,28H,3-4H2,1-2H3,(H,25,27,30). The van der Waals surface area contributed by atoms with Crippen LogP contribution in [0.3, 0.4) is 0 Å². The zero-order valence-electron chi connectivity index (χ0n) is 16.9. The molecule has 0 fully saturated rings. The fraction of sp³-hybridized carbons (Fsp3) is 0.182. The van der Waals surface area contributed by atoms with E-state index in [1.54, 1.807) is 62.4 Å². The Morgan fingerprint density at radius 3 is 2.32 bits per heavy atom. The predicted octanol–water partition coefficient (Wildman–Crippen LogP) is 3.59. The minimum Gasteiger partial charge on any atom is -0.493 e. The molecule has 0 atom stereocenters. The summed E-state index contributed by atoms with van der Waals surface area (Å²) in [6.07, 6.45) is 0.301. The molecule has 0 bridgehead atoms. The fourth-order valence-corrected chi connectivity index (χ4v) is 3.09. The molecule has 2 aromatic carbocycles. The van der Waals surface area contributed by atoms with Gasteiger partial charge in [0.2, 0.25) is 5.88 Å². The van der Waals surface area contributed by atoms with Crippen LogP contribution < -0.4 is 11.2 Å². The lowest BCUT2D eigenvalue weighted by atomic mass is 10.1. The second kappa shape index (κ2) is 9.44. The summed E-state index contributed by atoms with van der Waals surface area (Å²) >= 11 is 5.89. The lowest BCUT2D eigenvalue weighted by molar-refractivity contribution is 0.0526. The summed E-state index contributed by atoms with van der Waals surface area (Å²) < 4.78 is 5.93. The SMILES string of the molecule is CCOC(=O)c1ccc(N=C(CC)c2c(O)n(-c3ccc(Cl)cc3)c(=O)[nH]c2=O)cc1. The first-order valence-electron chi connectivity index (χ1n) is 9.55. The van der Waals surface area contributed by atoms with Crippen LogP contribution in [0.5, 0.6) is 5.88 Å². The zero-order chi connectivity index (χ0) is 22.5. The maximum Gasteiger partial charge on any atom is 0.338 e. The van der Waals surface area contributed by atoms with E-state index in [1.807, 2.05) is 0 Å². The van der Waals surface area contributed by atoms with Crippen molar-refractivity contribution in [3.05, 3.63) is 85.5 Å². The molecule has 9 heteroatoms. The molecule has 3 aromatic rings. The number of nitrogens with zero attached hydrogens (tertiary/aromatic N) is 2. The van der Waals surface area contributed by atoms with Crippen LogP contribution in [0.25, 0.3) is 5.69 Å². The third-order valence-electron chi connectivity index (χ3n) is 4.44. The predicted molar refractivity (Wildman–Crippen MR) is 118 cm³/mol. The average molecular weight is 442 g/mol. The van der Waals surface area contributed by atoms with Gasteiger partial charge in [-0.25, -0.2) is 14.2 Å². The topological polar surface area (TPSA) is 114 Å². The Balaban J connectivity index is 2.08. The molecular weight excluding hydrogens is 422 g/mol. The van der Waals surface area contributed by atoms with Crippen LogP contribution in [-0.4, -0.2) is 32.9 Å². The molecule has 0 amide bonds. The Morgan fingerprint density at radius 2 is 1.74 bits per heavy atom. The number of esters is 1. The Hall–Kier alpha value is -3.65. The number of nitrogens with one attached hydrogen (secondary N) is 1. The highest BCUT2D eigenvalue weighted by Gasteiger charge is 2.19. The van der Waals surface area contributed by atoms with Gasteiger partial charge >= 0.3 is 11.7 Å². The molecule has 31 heavy (non-hydrogen) atoms. The fourth-order valence-electron chi connectivity index (χ4n) is 2.97. The minimum atomic E-state index is -0.789. The molecule has 0 aliphatic carbocycles. The first kappa shape index (κ1) is 22.0.